The molecule has 5 nitrogen and oxygen atoms in total. The van der Waals surface area contributed by atoms with Gasteiger partial charge in [0.2, 0.25) is 5.95 Å². The number of hydrogen-bond donors (Lipinski definition) is 2. The summed E-state index contributed by atoms with van der Waals surface area (Å²) in [6.45, 7) is 4.11. The molecule has 0 unspecified atom stereocenters. The van der Waals surface area contributed by atoms with Crippen LogP contribution in [0.2, 0.25) is 5.02 Å². The van der Waals surface area contributed by atoms with Crippen molar-refractivity contribution >= 4 is 34.8 Å². The molecule has 0 saturated heterocycles. The molecule has 0 radical (unpaired) electrons. The number of aromatic nitrogens is 3. The van der Waals surface area contributed by atoms with E-state index in [0.29, 0.717) is 5.95 Å². The number of para-hydroxylation sites is 3. The van der Waals surface area contributed by atoms with Crippen LogP contribution in [-0.4, -0.2) is 20.7 Å². The molecule has 0 spiro atoms. The highest BCUT2D eigenvalue weighted by Crippen LogP contribution is 2.25. The lowest BCUT2D eigenvalue weighted by Crippen LogP contribution is -2.00. The number of nitrogens with zero attached hydrogens (tertiary/aromatic N) is 3. The van der Waals surface area contributed by atoms with E-state index in [4.69, 9.17) is 11.6 Å². The summed E-state index contributed by atoms with van der Waals surface area (Å²) in [5.41, 5.74) is 8.99. The number of aryl methyl sites for hydroxylation is 1. The first kappa shape index (κ1) is 16.4. The second kappa shape index (κ2) is 6.69. The number of aromatic amines is 1. The van der Waals surface area contributed by atoms with E-state index in [0.717, 1.165) is 38.7 Å². The first-order valence-electron chi connectivity index (χ1n) is 8.31. The predicted molar refractivity (Wildman–Crippen MR) is 108 cm³/mol. The van der Waals surface area contributed by atoms with Crippen LogP contribution in [0.4, 0.5) is 5.95 Å². The highest BCUT2D eigenvalue weighted by molar-refractivity contribution is 6.32. The van der Waals surface area contributed by atoms with Crippen LogP contribution in [-0.2, 0) is 0 Å². The smallest absolute Gasteiger partial charge is 0.222 e. The Balaban J connectivity index is 1.60. The largest absolute Gasteiger partial charge is 0.323 e. The second-order valence-electron chi connectivity index (χ2n) is 6.09. The van der Waals surface area contributed by atoms with Crippen LogP contribution in [0.5, 0.6) is 0 Å². The van der Waals surface area contributed by atoms with Gasteiger partial charge in [-0.05, 0) is 44.2 Å². The average Bonchev–Trinajstić information content (AvgIpc) is 3.16. The van der Waals surface area contributed by atoms with Gasteiger partial charge in [0.15, 0.2) is 0 Å². The standard InChI is InChI=1S/C20H18ClN5/c1-13-11-15(14(2)26(13)19-10-6-3-7-16(19)21)12-22-25-20-23-17-8-4-5-9-18(17)24-20/h3-12H,1-2H3,(H2,23,24,25)/b22-12-. The maximum absolute atomic E-state index is 6.36. The Bertz CT molecular complexity index is 1070. The number of fused-ring (bicyclic) bond motifs is 1. The van der Waals surface area contributed by atoms with Crippen LogP contribution < -0.4 is 5.43 Å². The zero-order chi connectivity index (χ0) is 18.1. The van der Waals surface area contributed by atoms with Gasteiger partial charge in [0.05, 0.1) is 28.0 Å². The van der Waals surface area contributed by atoms with E-state index in [-0.39, 0.29) is 0 Å². The summed E-state index contributed by atoms with van der Waals surface area (Å²) in [6, 6.07) is 17.8. The van der Waals surface area contributed by atoms with E-state index in [9.17, 15) is 0 Å². The van der Waals surface area contributed by atoms with Gasteiger partial charge in [0, 0.05) is 17.0 Å². The van der Waals surface area contributed by atoms with E-state index < -0.39 is 0 Å². The van der Waals surface area contributed by atoms with Crippen molar-refractivity contribution in [2.45, 2.75) is 13.8 Å². The molecule has 0 bridgehead atoms. The molecule has 2 N–H and O–H groups in total. The Morgan fingerprint density at radius 2 is 1.88 bits per heavy atom. The first-order chi connectivity index (χ1) is 12.6. The minimum Gasteiger partial charge on any atom is -0.323 e. The average molecular weight is 364 g/mol. The summed E-state index contributed by atoms with van der Waals surface area (Å²) in [7, 11) is 0. The van der Waals surface area contributed by atoms with Crippen LogP contribution >= 0.6 is 11.6 Å². The van der Waals surface area contributed by atoms with Crippen LogP contribution in [0.1, 0.15) is 17.0 Å². The number of hydrogen-bond acceptors (Lipinski definition) is 3. The Hall–Kier alpha value is -3.05. The number of halogens is 1. The van der Waals surface area contributed by atoms with E-state index in [1.54, 1.807) is 6.21 Å². The van der Waals surface area contributed by atoms with E-state index in [2.05, 4.69) is 45.0 Å². The lowest BCUT2D eigenvalue weighted by Gasteiger charge is -2.11. The van der Waals surface area contributed by atoms with Crippen LogP contribution in [0.3, 0.4) is 0 Å². The molecule has 4 rings (SSSR count). The number of rotatable bonds is 4. The Morgan fingerprint density at radius 3 is 2.69 bits per heavy atom. The molecule has 2 aromatic carbocycles. The zero-order valence-electron chi connectivity index (χ0n) is 14.5. The minimum atomic E-state index is 0.613. The van der Waals surface area contributed by atoms with Crippen molar-refractivity contribution in [2.75, 3.05) is 5.43 Å². The van der Waals surface area contributed by atoms with Gasteiger partial charge in [0.1, 0.15) is 0 Å². The van der Waals surface area contributed by atoms with Gasteiger partial charge in [-0.3, -0.25) is 0 Å². The van der Waals surface area contributed by atoms with Gasteiger partial charge in [-0.1, -0.05) is 35.9 Å². The highest BCUT2D eigenvalue weighted by Gasteiger charge is 2.11. The van der Waals surface area contributed by atoms with Gasteiger partial charge >= 0.3 is 0 Å². The summed E-state index contributed by atoms with van der Waals surface area (Å²) < 4.78 is 2.13. The molecule has 2 heterocycles. The van der Waals surface area contributed by atoms with E-state index >= 15 is 0 Å². The van der Waals surface area contributed by atoms with Crippen molar-refractivity contribution in [3.05, 3.63) is 76.6 Å². The molecule has 0 aliphatic rings. The molecule has 6 heteroatoms. The van der Waals surface area contributed by atoms with Crippen molar-refractivity contribution in [2.24, 2.45) is 5.10 Å². The topological polar surface area (TPSA) is 58.0 Å². The summed E-state index contributed by atoms with van der Waals surface area (Å²) in [5, 5.41) is 5.04. The van der Waals surface area contributed by atoms with Crippen molar-refractivity contribution in [3.8, 4) is 5.69 Å². The lowest BCUT2D eigenvalue weighted by molar-refractivity contribution is 0.965. The number of imidazole rings is 1. The number of hydrazone groups is 1. The third kappa shape index (κ3) is 2.97. The molecule has 0 amide bonds. The van der Waals surface area contributed by atoms with Gasteiger partial charge in [0.25, 0.3) is 0 Å². The summed E-state index contributed by atoms with van der Waals surface area (Å²) in [6.07, 6.45) is 1.79. The van der Waals surface area contributed by atoms with Gasteiger partial charge < -0.3 is 9.55 Å². The van der Waals surface area contributed by atoms with Crippen molar-refractivity contribution < 1.29 is 0 Å². The van der Waals surface area contributed by atoms with Crippen molar-refractivity contribution in [3.63, 3.8) is 0 Å². The molecule has 0 saturated carbocycles. The van der Waals surface area contributed by atoms with Gasteiger partial charge in [-0.15, -0.1) is 0 Å². The van der Waals surface area contributed by atoms with Crippen LogP contribution in [0.25, 0.3) is 16.7 Å². The fourth-order valence-corrected chi connectivity index (χ4v) is 3.31. The zero-order valence-corrected chi connectivity index (χ0v) is 15.2. The van der Waals surface area contributed by atoms with E-state index in [1.165, 1.54) is 0 Å². The fourth-order valence-electron chi connectivity index (χ4n) is 3.09. The molecular formula is C20H18ClN5. The third-order valence-corrected chi connectivity index (χ3v) is 4.65. The molecule has 130 valence electrons. The number of benzene rings is 2. The van der Waals surface area contributed by atoms with Gasteiger partial charge in [-0.2, -0.15) is 5.10 Å². The SMILES string of the molecule is Cc1cc(/C=N\Nc2nc3ccccc3[nH]2)c(C)n1-c1ccccc1Cl. The molecule has 26 heavy (non-hydrogen) atoms. The van der Waals surface area contributed by atoms with Gasteiger partial charge in [-0.25, -0.2) is 10.4 Å². The van der Waals surface area contributed by atoms with Crippen LogP contribution in [0, 0.1) is 13.8 Å². The summed E-state index contributed by atoms with van der Waals surface area (Å²) >= 11 is 6.36. The quantitative estimate of drug-likeness (QED) is 0.393. The Kier molecular flexibility index (Phi) is 4.22. The number of anilines is 1. The summed E-state index contributed by atoms with van der Waals surface area (Å²) in [5.74, 6) is 0.613. The number of nitrogens with one attached hydrogen (secondary N) is 2. The van der Waals surface area contributed by atoms with Crippen molar-refractivity contribution in [1.29, 1.82) is 0 Å². The Labute approximate surface area is 156 Å². The highest BCUT2D eigenvalue weighted by atomic mass is 35.5. The molecule has 4 aromatic rings. The molecule has 0 aliphatic carbocycles. The lowest BCUT2D eigenvalue weighted by atomic mass is 10.2. The predicted octanol–water partition coefficient (Wildman–Crippen LogP) is 5.07. The Morgan fingerprint density at radius 1 is 1.12 bits per heavy atom. The first-order valence-corrected chi connectivity index (χ1v) is 8.69. The molecule has 0 aliphatic heterocycles. The van der Waals surface area contributed by atoms with E-state index in [1.807, 2.05) is 48.5 Å². The fraction of sp³-hybridized carbons (Fsp3) is 0.100. The maximum Gasteiger partial charge on any atom is 0.222 e. The molecule has 0 atom stereocenters. The molecule has 2 aromatic heterocycles. The monoisotopic (exact) mass is 363 g/mol. The third-order valence-electron chi connectivity index (χ3n) is 4.33. The van der Waals surface area contributed by atoms with Crippen LogP contribution in [0.15, 0.2) is 59.7 Å². The molecule has 0 fully saturated rings. The maximum atomic E-state index is 6.36. The second-order valence-corrected chi connectivity index (χ2v) is 6.49. The van der Waals surface area contributed by atoms with Crippen molar-refractivity contribution in [1.82, 2.24) is 14.5 Å². The summed E-state index contributed by atoms with van der Waals surface area (Å²) in [4.78, 5) is 7.63. The minimum absolute atomic E-state index is 0.613. The number of H-pyrrole nitrogens is 1. The normalized spacial score (nSPS) is 11.5. The molecular weight excluding hydrogens is 346 g/mol.